The Labute approximate surface area is 173 Å². The van der Waals surface area contributed by atoms with Crippen LogP contribution in [0.3, 0.4) is 0 Å². The molecule has 28 heavy (non-hydrogen) atoms. The minimum atomic E-state index is -0.164. The van der Waals surface area contributed by atoms with Crippen LogP contribution in [0.25, 0.3) is 0 Å². The van der Waals surface area contributed by atoms with Crippen molar-refractivity contribution in [3.63, 3.8) is 0 Å². The molecule has 4 rings (SSSR count). The second-order valence-corrected chi connectivity index (χ2v) is 10.4. The van der Waals surface area contributed by atoms with E-state index in [0.717, 1.165) is 78.2 Å². The fourth-order valence-electron chi connectivity index (χ4n) is 5.91. The maximum Gasteiger partial charge on any atom is 0.230 e. The van der Waals surface area contributed by atoms with Crippen LogP contribution in [-0.4, -0.2) is 80.1 Å². The van der Waals surface area contributed by atoms with Crippen LogP contribution < -0.4 is 0 Å². The molecule has 3 aliphatic rings. The molecule has 5 nitrogen and oxygen atoms in total. The molecule has 3 fully saturated rings. The van der Waals surface area contributed by atoms with Crippen LogP contribution in [0.4, 0.5) is 0 Å². The SMILES string of the molecule is CCN1CC[C@]2(CN(CCOC)CC23CCN(Cc2ccc(C)s2)CC3)C1=O. The summed E-state index contributed by atoms with van der Waals surface area (Å²) in [4.78, 5) is 23.5. The number of ether oxygens (including phenoxy) is 1. The molecule has 0 unspecified atom stereocenters. The van der Waals surface area contributed by atoms with Gasteiger partial charge >= 0.3 is 0 Å². The average molecular weight is 406 g/mol. The van der Waals surface area contributed by atoms with Crippen molar-refractivity contribution in [3.05, 3.63) is 21.9 Å². The largest absolute Gasteiger partial charge is 0.383 e. The molecule has 1 aromatic rings. The molecule has 0 radical (unpaired) electrons. The van der Waals surface area contributed by atoms with E-state index >= 15 is 0 Å². The highest BCUT2D eigenvalue weighted by Gasteiger charge is 2.64. The van der Waals surface area contributed by atoms with Crippen molar-refractivity contribution < 1.29 is 9.53 Å². The summed E-state index contributed by atoms with van der Waals surface area (Å²) in [6.45, 7) is 13.0. The molecule has 0 aromatic carbocycles. The van der Waals surface area contributed by atoms with Gasteiger partial charge in [-0.3, -0.25) is 14.6 Å². The maximum absolute atomic E-state index is 13.5. The maximum atomic E-state index is 13.5. The van der Waals surface area contributed by atoms with Gasteiger partial charge in [0.05, 0.1) is 12.0 Å². The van der Waals surface area contributed by atoms with Gasteiger partial charge in [-0.05, 0) is 58.3 Å². The molecule has 3 aliphatic heterocycles. The van der Waals surface area contributed by atoms with E-state index in [9.17, 15) is 4.79 Å². The summed E-state index contributed by atoms with van der Waals surface area (Å²) < 4.78 is 5.34. The second kappa shape index (κ2) is 8.05. The van der Waals surface area contributed by atoms with Gasteiger partial charge in [0.15, 0.2) is 0 Å². The molecule has 4 heterocycles. The first-order chi connectivity index (χ1) is 13.5. The van der Waals surface area contributed by atoms with E-state index in [-0.39, 0.29) is 10.8 Å². The van der Waals surface area contributed by atoms with Gasteiger partial charge in [-0.15, -0.1) is 11.3 Å². The molecular formula is C22H35N3O2S. The summed E-state index contributed by atoms with van der Waals surface area (Å²) in [5.74, 6) is 0.428. The van der Waals surface area contributed by atoms with Crippen LogP contribution in [0.15, 0.2) is 12.1 Å². The number of piperidine rings is 1. The zero-order chi connectivity index (χ0) is 19.8. The number of thiophene rings is 1. The Morgan fingerprint density at radius 2 is 1.89 bits per heavy atom. The van der Waals surface area contributed by atoms with Gasteiger partial charge in [0.2, 0.25) is 5.91 Å². The molecule has 156 valence electrons. The van der Waals surface area contributed by atoms with Crippen LogP contribution in [0, 0.1) is 17.8 Å². The van der Waals surface area contributed by atoms with Gasteiger partial charge in [0.25, 0.3) is 0 Å². The molecule has 0 aliphatic carbocycles. The highest BCUT2D eigenvalue weighted by Crippen LogP contribution is 2.57. The number of rotatable bonds is 6. The fraction of sp³-hybridized carbons (Fsp3) is 0.773. The minimum absolute atomic E-state index is 0.142. The minimum Gasteiger partial charge on any atom is -0.383 e. The average Bonchev–Trinajstić information content (AvgIpc) is 3.34. The van der Waals surface area contributed by atoms with E-state index in [2.05, 4.69) is 40.7 Å². The summed E-state index contributed by atoms with van der Waals surface area (Å²) in [6, 6.07) is 4.50. The molecule has 1 amide bonds. The Morgan fingerprint density at radius 3 is 2.50 bits per heavy atom. The second-order valence-electron chi connectivity index (χ2n) is 8.99. The lowest BCUT2D eigenvalue weighted by atomic mass is 9.60. The van der Waals surface area contributed by atoms with E-state index in [1.807, 2.05) is 11.3 Å². The fourth-order valence-corrected chi connectivity index (χ4v) is 6.84. The van der Waals surface area contributed by atoms with Gasteiger partial charge in [0, 0.05) is 61.5 Å². The highest BCUT2D eigenvalue weighted by molar-refractivity contribution is 7.11. The van der Waals surface area contributed by atoms with Crippen molar-refractivity contribution in [2.24, 2.45) is 10.8 Å². The number of hydrogen-bond donors (Lipinski definition) is 0. The summed E-state index contributed by atoms with van der Waals surface area (Å²) in [5, 5.41) is 0. The number of amides is 1. The number of methoxy groups -OCH3 is 1. The topological polar surface area (TPSA) is 36.0 Å². The normalized spacial score (nSPS) is 28.2. The van der Waals surface area contributed by atoms with Gasteiger partial charge in [-0.2, -0.15) is 0 Å². The van der Waals surface area contributed by atoms with Crippen LogP contribution in [0.5, 0.6) is 0 Å². The standard InChI is InChI=1S/C22H35N3O2S/c1-4-25-12-9-22(20(25)26)17-24(13-14-27-3)16-21(22)7-10-23(11-8-21)15-19-6-5-18(2)28-19/h5-6H,4,7-17H2,1-3H3/t22-/m0/s1. The number of carbonyl (C=O) groups is 1. The monoisotopic (exact) mass is 405 g/mol. The molecule has 1 aromatic heterocycles. The van der Waals surface area contributed by atoms with E-state index in [4.69, 9.17) is 4.74 Å². The third-order valence-electron chi connectivity index (χ3n) is 7.52. The third-order valence-corrected chi connectivity index (χ3v) is 8.51. The van der Waals surface area contributed by atoms with Crippen molar-refractivity contribution in [2.45, 2.75) is 39.7 Å². The Hall–Kier alpha value is -0.950. The predicted molar refractivity (Wildman–Crippen MR) is 114 cm³/mol. The zero-order valence-electron chi connectivity index (χ0n) is 17.7. The number of nitrogens with zero attached hydrogens (tertiary/aromatic N) is 3. The number of aryl methyl sites for hydroxylation is 1. The van der Waals surface area contributed by atoms with Gasteiger partial charge in [-0.25, -0.2) is 0 Å². The van der Waals surface area contributed by atoms with Crippen molar-refractivity contribution in [1.82, 2.24) is 14.7 Å². The van der Waals surface area contributed by atoms with Crippen molar-refractivity contribution >= 4 is 17.2 Å². The third kappa shape index (κ3) is 3.42. The van der Waals surface area contributed by atoms with E-state index in [1.54, 1.807) is 7.11 Å². The quantitative estimate of drug-likeness (QED) is 0.729. The number of carbonyl (C=O) groups excluding carboxylic acids is 1. The highest BCUT2D eigenvalue weighted by atomic mass is 32.1. The Morgan fingerprint density at radius 1 is 1.11 bits per heavy atom. The Bertz CT molecular complexity index is 698. The van der Waals surface area contributed by atoms with Crippen LogP contribution in [0.2, 0.25) is 0 Å². The molecule has 2 spiro atoms. The first-order valence-corrected chi connectivity index (χ1v) is 11.6. The molecular weight excluding hydrogens is 370 g/mol. The first kappa shape index (κ1) is 20.3. The smallest absolute Gasteiger partial charge is 0.230 e. The van der Waals surface area contributed by atoms with Crippen molar-refractivity contribution in [2.75, 3.05) is 59.5 Å². The van der Waals surface area contributed by atoms with Crippen LogP contribution in [-0.2, 0) is 16.1 Å². The number of fused-ring (bicyclic) bond motifs is 1. The first-order valence-electron chi connectivity index (χ1n) is 10.8. The van der Waals surface area contributed by atoms with Gasteiger partial charge in [0.1, 0.15) is 0 Å². The lowest BCUT2D eigenvalue weighted by Crippen LogP contribution is -2.52. The predicted octanol–water partition coefficient (Wildman–Crippen LogP) is 2.84. The summed E-state index contributed by atoms with van der Waals surface area (Å²) in [5.41, 5.74) is -0.0219. The number of hydrogen-bond acceptors (Lipinski definition) is 5. The lowest BCUT2D eigenvalue weighted by Gasteiger charge is -2.47. The zero-order valence-corrected chi connectivity index (χ0v) is 18.5. The van der Waals surface area contributed by atoms with Gasteiger partial charge in [-0.1, -0.05) is 0 Å². The summed E-state index contributed by atoms with van der Waals surface area (Å²) >= 11 is 1.91. The molecule has 3 saturated heterocycles. The molecule has 1 atom stereocenters. The van der Waals surface area contributed by atoms with E-state index < -0.39 is 0 Å². The van der Waals surface area contributed by atoms with Crippen molar-refractivity contribution in [3.8, 4) is 0 Å². The Kier molecular flexibility index (Phi) is 5.85. The van der Waals surface area contributed by atoms with E-state index in [0.29, 0.717) is 5.91 Å². The number of likely N-dealkylation sites (tertiary alicyclic amines) is 3. The Balaban J connectivity index is 1.50. The molecule has 0 saturated carbocycles. The molecule has 0 bridgehead atoms. The molecule has 0 N–H and O–H groups in total. The van der Waals surface area contributed by atoms with Crippen molar-refractivity contribution in [1.29, 1.82) is 0 Å². The van der Waals surface area contributed by atoms with Gasteiger partial charge < -0.3 is 9.64 Å². The van der Waals surface area contributed by atoms with E-state index in [1.165, 1.54) is 9.75 Å². The molecule has 6 heteroatoms. The van der Waals surface area contributed by atoms with Crippen LogP contribution in [0.1, 0.15) is 35.9 Å². The summed E-state index contributed by atoms with van der Waals surface area (Å²) in [6.07, 6.45) is 3.32. The van der Waals surface area contributed by atoms with Crippen LogP contribution >= 0.6 is 11.3 Å². The lowest BCUT2D eigenvalue weighted by molar-refractivity contribution is -0.142. The summed E-state index contributed by atoms with van der Waals surface area (Å²) in [7, 11) is 1.77.